The highest BCUT2D eigenvalue weighted by Gasteiger charge is 2.42. The molecule has 2 fully saturated rings. The smallest absolute Gasteiger partial charge is 0.367 e. The number of nitrogens with two attached hydrogens (primary N) is 2. The topological polar surface area (TPSA) is 55.3 Å². The molecule has 0 radical (unpaired) electrons. The molecule has 1 saturated carbocycles. The van der Waals surface area contributed by atoms with Gasteiger partial charge in [0.1, 0.15) is 17.3 Å². The van der Waals surface area contributed by atoms with Crippen molar-refractivity contribution < 1.29 is 22.0 Å². The fourth-order valence-corrected chi connectivity index (χ4v) is 4.03. The highest BCUT2D eigenvalue weighted by molar-refractivity contribution is 5.52. The first-order valence-corrected chi connectivity index (χ1v) is 8.96. The van der Waals surface area contributed by atoms with Crippen LogP contribution in [0.25, 0.3) is 0 Å². The molecule has 1 aromatic carbocycles. The minimum absolute atomic E-state index is 0.0278. The van der Waals surface area contributed by atoms with Crippen LogP contribution in [0.5, 0.6) is 0 Å². The minimum atomic E-state index is -4.26. The van der Waals surface area contributed by atoms with E-state index in [0.29, 0.717) is 31.2 Å². The van der Waals surface area contributed by atoms with Gasteiger partial charge in [0.25, 0.3) is 0 Å². The first-order valence-electron chi connectivity index (χ1n) is 8.96. The summed E-state index contributed by atoms with van der Waals surface area (Å²) >= 11 is 0. The van der Waals surface area contributed by atoms with Gasteiger partial charge in [-0.05, 0) is 56.2 Å². The van der Waals surface area contributed by atoms with Crippen LogP contribution < -0.4 is 16.4 Å². The fraction of sp³-hybridized carbons (Fsp3) is 0.667. The summed E-state index contributed by atoms with van der Waals surface area (Å²) in [6.45, 7) is -0.0556. The zero-order chi connectivity index (χ0) is 19.1. The number of anilines is 1. The van der Waals surface area contributed by atoms with Gasteiger partial charge in [0.15, 0.2) is 0 Å². The maximum absolute atomic E-state index is 14.6. The van der Waals surface area contributed by atoms with Gasteiger partial charge in [0, 0.05) is 24.7 Å². The number of piperidine rings is 1. The van der Waals surface area contributed by atoms with E-state index in [0.717, 1.165) is 0 Å². The first-order chi connectivity index (χ1) is 12.1. The Bertz CT molecular complexity index is 622. The van der Waals surface area contributed by atoms with Crippen molar-refractivity contribution in [2.24, 2.45) is 17.4 Å². The molecule has 3 rings (SSSR count). The summed E-state index contributed by atoms with van der Waals surface area (Å²) in [7, 11) is 0. The van der Waals surface area contributed by atoms with E-state index in [2.05, 4.69) is 0 Å². The number of benzene rings is 1. The highest BCUT2D eigenvalue weighted by Crippen LogP contribution is 2.39. The van der Waals surface area contributed by atoms with E-state index in [9.17, 15) is 22.0 Å². The zero-order valence-electron chi connectivity index (χ0n) is 14.5. The Morgan fingerprint density at radius 1 is 0.962 bits per heavy atom. The lowest BCUT2D eigenvalue weighted by atomic mass is 9.76. The molecule has 146 valence electrons. The van der Waals surface area contributed by atoms with Crippen molar-refractivity contribution in [1.82, 2.24) is 0 Å². The van der Waals surface area contributed by atoms with E-state index >= 15 is 0 Å². The lowest BCUT2D eigenvalue weighted by Gasteiger charge is -2.38. The molecule has 26 heavy (non-hydrogen) atoms. The Morgan fingerprint density at radius 3 is 1.92 bits per heavy atom. The zero-order valence-corrected chi connectivity index (χ0v) is 14.5. The molecule has 4 N–H and O–H groups in total. The summed E-state index contributed by atoms with van der Waals surface area (Å²) in [5.41, 5.74) is 11.5. The number of hydrogen-bond acceptors (Lipinski definition) is 3. The van der Waals surface area contributed by atoms with Gasteiger partial charge in [-0.2, -0.15) is 13.2 Å². The second-order valence-electron chi connectivity index (χ2n) is 7.59. The molecule has 0 unspecified atom stereocenters. The molecule has 1 aliphatic heterocycles. The molecule has 0 bridgehead atoms. The maximum atomic E-state index is 14.6. The van der Waals surface area contributed by atoms with E-state index in [1.54, 1.807) is 0 Å². The monoisotopic (exact) mass is 377 g/mol. The van der Waals surface area contributed by atoms with Gasteiger partial charge in [-0.15, -0.1) is 0 Å². The van der Waals surface area contributed by atoms with E-state index in [4.69, 9.17) is 11.5 Å². The molecule has 0 spiro atoms. The number of alkyl halides is 3. The average Bonchev–Trinajstić information content (AvgIpc) is 2.57. The summed E-state index contributed by atoms with van der Waals surface area (Å²) in [6, 6.07) is 2.51. The second-order valence-corrected chi connectivity index (χ2v) is 7.59. The van der Waals surface area contributed by atoms with Crippen molar-refractivity contribution in [2.75, 3.05) is 18.0 Å². The highest BCUT2D eigenvalue weighted by atomic mass is 19.4. The third kappa shape index (κ3) is 3.81. The molecule has 8 heteroatoms. The van der Waals surface area contributed by atoms with Crippen molar-refractivity contribution in [2.45, 2.75) is 56.3 Å². The molecule has 1 saturated heterocycles. The molecular formula is C18H24F5N3. The normalized spacial score (nSPS) is 28.4. The lowest BCUT2D eigenvalue weighted by Crippen LogP contribution is -2.44. The second kappa shape index (κ2) is 6.96. The van der Waals surface area contributed by atoms with Crippen molar-refractivity contribution in [1.29, 1.82) is 0 Å². The average molecular weight is 377 g/mol. The summed E-state index contributed by atoms with van der Waals surface area (Å²) in [5.74, 6) is -2.96. The molecule has 0 amide bonds. The van der Waals surface area contributed by atoms with Crippen molar-refractivity contribution in [3.8, 4) is 0 Å². The lowest BCUT2D eigenvalue weighted by molar-refractivity contribution is -0.179. The molecular weight excluding hydrogens is 353 g/mol. The maximum Gasteiger partial charge on any atom is 0.391 e. The summed E-state index contributed by atoms with van der Waals surface area (Å²) < 4.78 is 67.6. The molecule has 1 aromatic rings. The molecule has 3 nitrogen and oxygen atoms in total. The quantitative estimate of drug-likeness (QED) is 0.771. The van der Waals surface area contributed by atoms with Crippen LogP contribution in [0.15, 0.2) is 12.1 Å². The standard InChI is InChI=1S/C18H24F5N3/c19-14-9-12(17(25)5-1-13(24)2-6-17)10-15(20)16(14)26-7-3-11(4-8-26)18(21,22)23/h9-11,13H,1-8,24-25H2. The van der Waals surface area contributed by atoms with E-state index < -0.39 is 29.3 Å². The van der Waals surface area contributed by atoms with Crippen LogP contribution in [0.2, 0.25) is 0 Å². The molecule has 0 aromatic heterocycles. The van der Waals surface area contributed by atoms with Gasteiger partial charge in [-0.3, -0.25) is 0 Å². The van der Waals surface area contributed by atoms with Gasteiger partial charge >= 0.3 is 6.18 Å². The number of rotatable bonds is 2. The van der Waals surface area contributed by atoms with Crippen LogP contribution in [0.3, 0.4) is 0 Å². The van der Waals surface area contributed by atoms with E-state index in [-0.39, 0.29) is 37.7 Å². The van der Waals surface area contributed by atoms with Crippen LogP contribution in [0, 0.1) is 17.6 Å². The largest absolute Gasteiger partial charge is 0.391 e. The molecule has 0 atom stereocenters. The van der Waals surface area contributed by atoms with Gasteiger partial charge in [0.2, 0.25) is 0 Å². The molecule has 1 aliphatic carbocycles. The Kier molecular flexibility index (Phi) is 5.18. The van der Waals surface area contributed by atoms with Crippen LogP contribution in [0.1, 0.15) is 44.1 Å². The Labute approximate surface area is 149 Å². The predicted octanol–water partition coefficient (Wildman–Crippen LogP) is 3.80. The van der Waals surface area contributed by atoms with Gasteiger partial charge in [-0.1, -0.05) is 0 Å². The first kappa shape index (κ1) is 19.4. The number of halogens is 5. The van der Waals surface area contributed by atoms with Gasteiger partial charge in [0.05, 0.1) is 5.92 Å². The predicted molar refractivity (Wildman–Crippen MR) is 89.7 cm³/mol. The minimum Gasteiger partial charge on any atom is -0.367 e. The van der Waals surface area contributed by atoms with Crippen LogP contribution in [0.4, 0.5) is 27.6 Å². The van der Waals surface area contributed by atoms with Gasteiger partial charge < -0.3 is 16.4 Å². The van der Waals surface area contributed by atoms with Crippen LogP contribution in [-0.4, -0.2) is 25.3 Å². The number of nitrogens with zero attached hydrogens (tertiary/aromatic N) is 1. The van der Waals surface area contributed by atoms with Crippen molar-refractivity contribution in [3.05, 3.63) is 29.3 Å². The molecule has 1 heterocycles. The van der Waals surface area contributed by atoms with Crippen molar-refractivity contribution >= 4 is 5.69 Å². The summed E-state index contributed by atoms with van der Waals surface area (Å²) in [4.78, 5) is 1.36. The molecule has 2 aliphatic rings. The fourth-order valence-electron chi connectivity index (χ4n) is 4.03. The third-order valence-corrected chi connectivity index (χ3v) is 5.79. The van der Waals surface area contributed by atoms with Crippen molar-refractivity contribution in [3.63, 3.8) is 0 Å². The van der Waals surface area contributed by atoms with E-state index in [1.165, 1.54) is 17.0 Å². The third-order valence-electron chi connectivity index (χ3n) is 5.79. The number of hydrogen-bond donors (Lipinski definition) is 2. The summed E-state index contributed by atoms with van der Waals surface area (Å²) in [5, 5.41) is 0. The Hall–Kier alpha value is -1.41. The SMILES string of the molecule is NC1CCC(N)(c2cc(F)c(N3CCC(C(F)(F)F)CC3)c(F)c2)CC1. The van der Waals surface area contributed by atoms with Crippen LogP contribution >= 0.6 is 0 Å². The Balaban J connectivity index is 1.79. The van der Waals surface area contributed by atoms with E-state index in [1.807, 2.05) is 0 Å². The van der Waals surface area contributed by atoms with Crippen LogP contribution in [-0.2, 0) is 5.54 Å². The van der Waals surface area contributed by atoms with Gasteiger partial charge in [-0.25, -0.2) is 8.78 Å². The summed E-state index contributed by atoms with van der Waals surface area (Å²) in [6.07, 6.45) is -2.13. The Morgan fingerprint density at radius 2 is 1.46 bits per heavy atom.